The van der Waals surface area contributed by atoms with Crippen LogP contribution in [0.15, 0.2) is 42.6 Å². The van der Waals surface area contributed by atoms with Crippen molar-refractivity contribution in [1.29, 1.82) is 0 Å². The van der Waals surface area contributed by atoms with E-state index in [2.05, 4.69) is 67.0 Å². The van der Waals surface area contributed by atoms with E-state index in [1.54, 1.807) is 0 Å². The lowest BCUT2D eigenvalue weighted by molar-refractivity contribution is 0.394. The van der Waals surface area contributed by atoms with Crippen molar-refractivity contribution >= 4 is 11.0 Å². The van der Waals surface area contributed by atoms with Crippen molar-refractivity contribution in [3.8, 4) is 0 Å². The van der Waals surface area contributed by atoms with Crippen LogP contribution in [0.4, 0.5) is 0 Å². The number of nitrogens with zero attached hydrogens (tertiary/aromatic N) is 3. The molecule has 1 N–H and O–H groups in total. The Bertz CT molecular complexity index is 804. The quantitative estimate of drug-likeness (QED) is 0.780. The minimum absolute atomic E-state index is 0.219. The Labute approximate surface area is 137 Å². The van der Waals surface area contributed by atoms with Gasteiger partial charge >= 0.3 is 0 Å². The molecule has 0 saturated heterocycles. The van der Waals surface area contributed by atoms with E-state index in [9.17, 15) is 0 Å². The van der Waals surface area contributed by atoms with Gasteiger partial charge in [-0.05, 0) is 36.6 Å². The monoisotopic (exact) mass is 308 g/mol. The van der Waals surface area contributed by atoms with Gasteiger partial charge < -0.3 is 9.88 Å². The fraction of sp³-hybridized carbons (Fsp3) is 0.368. The number of benzene rings is 1. The van der Waals surface area contributed by atoms with Gasteiger partial charge in [-0.3, -0.25) is 4.98 Å². The highest BCUT2D eigenvalue weighted by Gasteiger charge is 2.19. The molecule has 1 aromatic carbocycles. The normalized spacial score (nSPS) is 12.9. The Kier molecular flexibility index (Phi) is 4.44. The van der Waals surface area contributed by atoms with Crippen molar-refractivity contribution in [3.05, 3.63) is 59.7 Å². The molecule has 0 aliphatic rings. The molecule has 0 aliphatic carbocycles. The van der Waals surface area contributed by atoms with Crippen molar-refractivity contribution in [2.75, 3.05) is 0 Å². The minimum Gasteiger partial charge on any atom is -0.330 e. The number of rotatable bonds is 5. The standard InChI is InChI=1S/C19H24N4/c1-13(2)18(19-14(3)8-7-11-20-19)21-12-17-22-15-9-5-6-10-16(15)23(17)4/h5-11,13,18,21H,12H2,1-4H3. The fourth-order valence-electron chi connectivity index (χ4n) is 3.03. The van der Waals surface area contributed by atoms with Gasteiger partial charge in [-0.15, -0.1) is 0 Å². The number of hydrogen-bond acceptors (Lipinski definition) is 3. The van der Waals surface area contributed by atoms with Crippen molar-refractivity contribution in [2.24, 2.45) is 13.0 Å². The topological polar surface area (TPSA) is 42.7 Å². The van der Waals surface area contributed by atoms with Gasteiger partial charge in [-0.1, -0.05) is 32.0 Å². The average Bonchev–Trinajstić information content (AvgIpc) is 2.86. The SMILES string of the molecule is Cc1cccnc1C(NCc1nc2ccccc2n1C)C(C)C. The second kappa shape index (κ2) is 6.50. The van der Waals surface area contributed by atoms with Crippen molar-refractivity contribution in [1.82, 2.24) is 19.9 Å². The Hall–Kier alpha value is -2.20. The first-order chi connectivity index (χ1) is 11.1. The summed E-state index contributed by atoms with van der Waals surface area (Å²) in [6, 6.07) is 12.6. The van der Waals surface area contributed by atoms with Gasteiger partial charge in [0.15, 0.2) is 0 Å². The maximum atomic E-state index is 4.74. The van der Waals surface area contributed by atoms with Crippen LogP contribution in [0.1, 0.15) is 37.0 Å². The Balaban J connectivity index is 1.84. The molecule has 0 saturated carbocycles. The number of para-hydroxylation sites is 2. The highest BCUT2D eigenvalue weighted by molar-refractivity contribution is 5.75. The number of imidazole rings is 1. The third kappa shape index (κ3) is 3.13. The minimum atomic E-state index is 0.219. The molecule has 0 aliphatic heterocycles. The van der Waals surface area contributed by atoms with Crippen molar-refractivity contribution in [3.63, 3.8) is 0 Å². The molecule has 4 nitrogen and oxygen atoms in total. The predicted molar refractivity (Wildman–Crippen MR) is 94.1 cm³/mol. The molecule has 1 unspecified atom stereocenters. The smallest absolute Gasteiger partial charge is 0.123 e. The Morgan fingerprint density at radius 2 is 1.91 bits per heavy atom. The Morgan fingerprint density at radius 3 is 2.61 bits per heavy atom. The molecular formula is C19H24N4. The zero-order chi connectivity index (χ0) is 16.4. The summed E-state index contributed by atoms with van der Waals surface area (Å²) in [5.74, 6) is 1.50. The number of aryl methyl sites for hydroxylation is 2. The molecule has 1 atom stereocenters. The molecular weight excluding hydrogens is 284 g/mol. The summed E-state index contributed by atoms with van der Waals surface area (Å²) < 4.78 is 2.16. The first-order valence-electron chi connectivity index (χ1n) is 8.13. The highest BCUT2D eigenvalue weighted by atomic mass is 15.1. The third-order valence-corrected chi connectivity index (χ3v) is 4.37. The lowest BCUT2D eigenvalue weighted by Gasteiger charge is -2.23. The summed E-state index contributed by atoms with van der Waals surface area (Å²) in [4.78, 5) is 9.33. The van der Waals surface area contributed by atoms with Crippen molar-refractivity contribution in [2.45, 2.75) is 33.4 Å². The number of nitrogens with one attached hydrogen (secondary N) is 1. The van der Waals surface area contributed by atoms with Gasteiger partial charge in [0.1, 0.15) is 5.82 Å². The van der Waals surface area contributed by atoms with Gasteiger partial charge in [0.05, 0.1) is 29.3 Å². The third-order valence-electron chi connectivity index (χ3n) is 4.37. The van der Waals surface area contributed by atoms with E-state index in [1.807, 2.05) is 18.3 Å². The maximum absolute atomic E-state index is 4.74. The molecule has 4 heteroatoms. The van der Waals surface area contributed by atoms with Gasteiger partial charge in [-0.2, -0.15) is 0 Å². The predicted octanol–water partition coefficient (Wildman–Crippen LogP) is 3.76. The molecule has 0 bridgehead atoms. The van der Waals surface area contributed by atoms with Crippen LogP contribution < -0.4 is 5.32 Å². The fourth-order valence-corrected chi connectivity index (χ4v) is 3.03. The summed E-state index contributed by atoms with van der Waals surface area (Å²) in [6.07, 6.45) is 1.87. The zero-order valence-corrected chi connectivity index (χ0v) is 14.2. The number of hydrogen-bond donors (Lipinski definition) is 1. The summed E-state index contributed by atoms with van der Waals surface area (Å²) >= 11 is 0. The van der Waals surface area contributed by atoms with Gasteiger partial charge in [-0.25, -0.2) is 4.98 Å². The molecule has 0 spiro atoms. The number of aromatic nitrogens is 3. The number of fused-ring (bicyclic) bond motifs is 1. The molecule has 23 heavy (non-hydrogen) atoms. The van der Waals surface area contributed by atoms with E-state index in [0.29, 0.717) is 5.92 Å². The van der Waals surface area contributed by atoms with Crippen LogP contribution in [0.25, 0.3) is 11.0 Å². The van der Waals surface area contributed by atoms with E-state index >= 15 is 0 Å². The zero-order valence-electron chi connectivity index (χ0n) is 14.2. The van der Waals surface area contributed by atoms with Crippen LogP contribution in [-0.4, -0.2) is 14.5 Å². The molecule has 0 radical (unpaired) electrons. The molecule has 3 aromatic rings. The van der Waals surface area contributed by atoms with Crippen LogP contribution in [0.3, 0.4) is 0 Å². The summed E-state index contributed by atoms with van der Waals surface area (Å²) in [5, 5.41) is 3.65. The molecule has 120 valence electrons. The molecule has 0 amide bonds. The van der Waals surface area contributed by atoms with Crippen LogP contribution in [0, 0.1) is 12.8 Å². The second-order valence-corrected chi connectivity index (χ2v) is 6.38. The first kappa shape index (κ1) is 15.7. The average molecular weight is 308 g/mol. The van der Waals surface area contributed by atoms with Gasteiger partial charge in [0.25, 0.3) is 0 Å². The van der Waals surface area contributed by atoms with Crippen LogP contribution in [-0.2, 0) is 13.6 Å². The summed E-state index contributed by atoms with van der Waals surface area (Å²) in [7, 11) is 2.07. The van der Waals surface area contributed by atoms with E-state index in [0.717, 1.165) is 23.6 Å². The largest absolute Gasteiger partial charge is 0.330 e. The summed E-state index contributed by atoms with van der Waals surface area (Å²) in [6.45, 7) is 7.29. The van der Waals surface area contributed by atoms with E-state index < -0.39 is 0 Å². The van der Waals surface area contributed by atoms with Gasteiger partial charge in [0, 0.05) is 13.2 Å². The van der Waals surface area contributed by atoms with E-state index in [-0.39, 0.29) is 6.04 Å². The molecule has 2 heterocycles. The summed E-state index contributed by atoms with van der Waals surface area (Å²) in [5.41, 5.74) is 4.56. The molecule has 3 rings (SSSR count). The lowest BCUT2D eigenvalue weighted by atomic mass is 9.97. The van der Waals surface area contributed by atoms with E-state index in [1.165, 1.54) is 11.1 Å². The molecule has 2 aromatic heterocycles. The lowest BCUT2D eigenvalue weighted by Crippen LogP contribution is -2.28. The second-order valence-electron chi connectivity index (χ2n) is 6.38. The van der Waals surface area contributed by atoms with Crippen molar-refractivity contribution < 1.29 is 0 Å². The van der Waals surface area contributed by atoms with Crippen LogP contribution in [0.5, 0.6) is 0 Å². The highest BCUT2D eigenvalue weighted by Crippen LogP contribution is 2.23. The first-order valence-corrected chi connectivity index (χ1v) is 8.13. The Morgan fingerprint density at radius 1 is 1.13 bits per heavy atom. The molecule has 0 fully saturated rings. The van der Waals surface area contributed by atoms with E-state index in [4.69, 9.17) is 4.98 Å². The van der Waals surface area contributed by atoms with Crippen LogP contribution >= 0.6 is 0 Å². The van der Waals surface area contributed by atoms with Gasteiger partial charge in [0.2, 0.25) is 0 Å². The van der Waals surface area contributed by atoms with Crippen LogP contribution in [0.2, 0.25) is 0 Å². The maximum Gasteiger partial charge on any atom is 0.123 e. The number of pyridine rings is 1.